The van der Waals surface area contributed by atoms with Crippen molar-refractivity contribution in [1.82, 2.24) is 5.32 Å². The fourth-order valence-corrected chi connectivity index (χ4v) is 5.87. The van der Waals surface area contributed by atoms with Crippen LogP contribution >= 0.6 is 0 Å². The zero-order valence-electron chi connectivity index (χ0n) is 20.0. The first-order valence-corrected chi connectivity index (χ1v) is 11.7. The molecule has 2 N–H and O–H groups in total. The van der Waals surface area contributed by atoms with E-state index in [1.807, 2.05) is 30.3 Å². The van der Waals surface area contributed by atoms with Crippen LogP contribution in [-0.2, 0) is 23.2 Å². The van der Waals surface area contributed by atoms with Crippen LogP contribution < -0.4 is 19.5 Å². The number of aliphatic hydroxyl groups is 1. The lowest BCUT2D eigenvalue weighted by Crippen LogP contribution is -2.47. The molecule has 0 bridgehead atoms. The van der Waals surface area contributed by atoms with Crippen LogP contribution in [0.4, 0.5) is 0 Å². The van der Waals surface area contributed by atoms with Crippen LogP contribution in [0, 0.1) is 29.1 Å². The van der Waals surface area contributed by atoms with Gasteiger partial charge in [0, 0.05) is 35.9 Å². The number of para-hydroxylation sites is 1. The second-order valence-electron chi connectivity index (χ2n) is 9.20. The van der Waals surface area contributed by atoms with Gasteiger partial charge in [-0.2, -0.15) is 5.26 Å². The van der Waals surface area contributed by atoms with Crippen LogP contribution in [-0.4, -0.2) is 45.3 Å². The highest BCUT2D eigenvalue weighted by molar-refractivity contribution is 5.85. The summed E-state index contributed by atoms with van der Waals surface area (Å²) < 4.78 is 16.6. The predicted octanol–water partition coefficient (Wildman–Crippen LogP) is 3.02. The van der Waals surface area contributed by atoms with E-state index in [9.17, 15) is 15.2 Å². The average Bonchev–Trinajstić information content (AvgIpc) is 3.34. The average molecular weight is 465 g/mol. The number of nitrogens with one attached hydrogen (secondary N) is 1. The Morgan fingerprint density at radius 1 is 1.12 bits per heavy atom. The first-order valence-electron chi connectivity index (χ1n) is 11.7. The lowest BCUT2D eigenvalue weighted by atomic mass is 9.62. The normalized spacial score (nSPS) is 25.8. The molecule has 7 heteroatoms. The second-order valence-corrected chi connectivity index (χ2v) is 9.20. The van der Waals surface area contributed by atoms with Crippen LogP contribution in [0.5, 0.6) is 17.2 Å². The van der Waals surface area contributed by atoms with E-state index in [0.29, 0.717) is 42.2 Å². The van der Waals surface area contributed by atoms with E-state index in [4.69, 9.17) is 14.2 Å². The summed E-state index contributed by atoms with van der Waals surface area (Å²) >= 11 is 0. The second kappa shape index (κ2) is 10.0. The fraction of sp³-hybridized carbons (Fsp3) is 0.481. The molecule has 1 saturated carbocycles. The molecule has 1 saturated heterocycles. The first kappa shape index (κ1) is 24.1. The van der Waals surface area contributed by atoms with Crippen molar-refractivity contribution in [2.45, 2.75) is 31.3 Å². The van der Waals surface area contributed by atoms with Crippen molar-refractivity contribution >= 4 is 5.78 Å². The van der Waals surface area contributed by atoms with Crippen molar-refractivity contribution in [1.29, 1.82) is 5.26 Å². The molecule has 34 heavy (non-hydrogen) atoms. The summed E-state index contributed by atoms with van der Waals surface area (Å²) in [6, 6.07) is 13.3. The molecule has 2 aliphatic rings. The number of nitrogens with zero attached hydrogens (tertiary/aromatic N) is 1. The van der Waals surface area contributed by atoms with Crippen molar-refractivity contribution in [3.05, 3.63) is 53.1 Å². The molecular formula is C27H32N2O5. The minimum atomic E-state index is -1.17. The molecule has 0 unspecified atom stereocenters. The van der Waals surface area contributed by atoms with E-state index >= 15 is 0 Å². The van der Waals surface area contributed by atoms with Gasteiger partial charge in [-0.25, -0.2) is 0 Å². The highest BCUT2D eigenvalue weighted by Gasteiger charge is 2.52. The van der Waals surface area contributed by atoms with Gasteiger partial charge in [-0.1, -0.05) is 24.3 Å². The lowest BCUT2D eigenvalue weighted by molar-refractivity contribution is -0.134. The minimum Gasteiger partial charge on any atom is -0.496 e. The van der Waals surface area contributed by atoms with E-state index in [1.165, 1.54) is 7.11 Å². The van der Waals surface area contributed by atoms with Gasteiger partial charge in [0.15, 0.2) is 11.5 Å². The number of methoxy groups -OCH3 is 3. The predicted molar refractivity (Wildman–Crippen MR) is 127 cm³/mol. The number of rotatable bonds is 8. The van der Waals surface area contributed by atoms with Crippen molar-refractivity contribution in [3.63, 3.8) is 0 Å². The first-order chi connectivity index (χ1) is 16.5. The summed E-state index contributed by atoms with van der Waals surface area (Å²) in [6.45, 7) is 1.48. The standard InChI is InChI=1S/C27H32N2O5/c1-32-24-7-5-4-6-21(24)27(31)14-18(12-19-15-29-16-22(19)27)23(30)13-20-17(10-11-28)8-9-25(33-2)26(20)34-3/h4-9,18-19,22,29,31H,10,12-16H2,1-3H3/t18-,19-,22+,27+/m0/s1. The van der Waals surface area contributed by atoms with Gasteiger partial charge in [0.25, 0.3) is 0 Å². The molecule has 2 aromatic carbocycles. The maximum absolute atomic E-state index is 13.7. The molecular weight excluding hydrogens is 432 g/mol. The third-order valence-corrected chi connectivity index (χ3v) is 7.49. The summed E-state index contributed by atoms with van der Waals surface area (Å²) in [5.41, 5.74) is 0.997. The molecule has 0 aromatic heterocycles. The SMILES string of the molecule is COc1ccccc1[C@]1(O)C[C@@H](C(=O)Cc2c(CC#N)ccc(OC)c2OC)C[C@H]2CNC[C@H]21. The van der Waals surface area contributed by atoms with Crippen molar-refractivity contribution in [2.75, 3.05) is 34.4 Å². The van der Waals surface area contributed by atoms with Crippen LogP contribution in [0.1, 0.15) is 29.5 Å². The van der Waals surface area contributed by atoms with Crippen LogP contribution in [0.2, 0.25) is 0 Å². The Morgan fingerprint density at radius 2 is 1.88 bits per heavy atom. The Balaban J connectivity index is 1.68. The zero-order valence-corrected chi connectivity index (χ0v) is 20.0. The third kappa shape index (κ3) is 4.24. The minimum absolute atomic E-state index is 0.00774. The third-order valence-electron chi connectivity index (χ3n) is 7.49. The summed E-state index contributed by atoms with van der Waals surface area (Å²) in [4.78, 5) is 13.7. The van der Waals surface area contributed by atoms with E-state index in [-0.39, 0.29) is 36.4 Å². The number of Topliss-reactive ketones (excluding diaryl/α,β-unsaturated/α-hetero) is 1. The Kier molecular flexibility index (Phi) is 7.11. The molecule has 2 aromatic rings. The van der Waals surface area contributed by atoms with Crippen molar-refractivity contribution < 1.29 is 24.1 Å². The molecule has 1 aliphatic heterocycles. The Hall–Kier alpha value is -3.08. The number of benzene rings is 2. The fourth-order valence-electron chi connectivity index (χ4n) is 5.87. The summed E-state index contributed by atoms with van der Waals surface area (Å²) in [7, 11) is 4.69. The lowest BCUT2D eigenvalue weighted by Gasteiger charge is -2.45. The molecule has 0 spiro atoms. The van der Waals surface area contributed by atoms with Gasteiger partial charge < -0.3 is 24.6 Å². The highest BCUT2D eigenvalue weighted by Crippen LogP contribution is 2.51. The number of fused-ring (bicyclic) bond motifs is 1. The molecule has 2 fully saturated rings. The Bertz CT molecular complexity index is 1090. The summed E-state index contributed by atoms with van der Waals surface area (Å²) in [5.74, 6) is 1.54. The molecule has 0 radical (unpaired) electrons. The number of carbonyl (C=O) groups excluding carboxylic acids is 1. The van der Waals surface area contributed by atoms with Gasteiger partial charge in [-0.15, -0.1) is 0 Å². The number of carbonyl (C=O) groups is 1. The number of ether oxygens (including phenoxy) is 3. The maximum Gasteiger partial charge on any atom is 0.164 e. The van der Waals surface area contributed by atoms with Crippen LogP contribution in [0.15, 0.2) is 36.4 Å². The van der Waals surface area contributed by atoms with Gasteiger partial charge in [0.05, 0.1) is 39.4 Å². The Morgan fingerprint density at radius 3 is 2.59 bits per heavy atom. The van der Waals surface area contributed by atoms with Gasteiger partial charge in [-0.3, -0.25) is 4.79 Å². The van der Waals surface area contributed by atoms with Gasteiger partial charge >= 0.3 is 0 Å². The monoisotopic (exact) mass is 464 g/mol. The van der Waals surface area contributed by atoms with Crippen LogP contribution in [0.3, 0.4) is 0 Å². The summed E-state index contributed by atoms with van der Waals surface area (Å²) in [5, 5.41) is 24.8. The smallest absolute Gasteiger partial charge is 0.164 e. The zero-order chi connectivity index (χ0) is 24.3. The molecule has 4 rings (SSSR count). The number of ketones is 1. The summed E-state index contributed by atoms with van der Waals surface area (Å²) in [6.07, 6.45) is 1.34. The quantitative estimate of drug-likeness (QED) is 0.619. The van der Waals surface area contributed by atoms with E-state index in [1.54, 1.807) is 20.3 Å². The van der Waals surface area contributed by atoms with Crippen LogP contribution in [0.25, 0.3) is 0 Å². The molecule has 1 heterocycles. The number of hydrogen-bond acceptors (Lipinski definition) is 7. The van der Waals surface area contributed by atoms with E-state index in [2.05, 4.69) is 11.4 Å². The molecule has 0 amide bonds. The largest absolute Gasteiger partial charge is 0.496 e. The molecule has 1 aliphatic carbocycles. The Labute approximate surface area is 200 Å². The molecule has 7 nitrogen and oxygen atoms in total. The highest BCUT2D eigenvalue weighted by atomic mass is 16.5. The maximum atomic E-state index is 13.7. The topological polar surface area (TPSA) is 101 Å². The van der Waals surface area contributed by atoms with Crippen molar-refractivity contribution in [2.24, 2.45) is 17.8 Å². The number of hydrogen-bond donors (Lipinski definition) is 2. The van der Waals surface area contributed by atoms with E-state index in [0.717, 1.165) is 17.7 Å². The van der Waals surface area contributed by atoms with Gasteiger partial charge in [0.1, 0.15) is 11.5 Å². The van der Waals surface area contributed by atoms with E-state index < -0.39 is 5.60 Å². The number of nitriles is 1. The molecule has 4 atom stereocenters. The van der Waals surface area contributed by atoms with Crippen molar-refractivity contribution in [3.8, 4) is 23.3 Å². The van der Waals surface area contributed by atoms with Gasteiger partial charge in [0.2, 0.25) is 0 Å². The van der Waals surface area contributed by atoms with Gasteiger partial charge in [-0.05, 0) is 43.0 Å². The molecule has 180 valence electrons.